The molecular formula is C6H12N2O2. The second-order valence-corrected chi connectivity index (χ2v) is 2.34. The van der Waals surface area contributed by atoms with Gasteiger partial charge in [-0.3, -0.25) is 10.2 Å². The summed E-state index contributed by atoms with van der Waals surface area (Å²) in [6.07, 6.45) is 0.935. The summed E-state index contributed by atoms with van der Waals surface area (Å²) in [5.41, 5.74) is 2.10. The Kier molecular flexibility index (Phi) is 2.24. The molecule has 0 aromatic carbocycles. The number of hydrazine groups is 1. The summed E-state index contributed by atoms with van der Waals surface area (Å²) in [5, 5.41) is 0. The zero-order chi connectivity index (χ0) is 7.56. The van der Waals surface area contributed by atoms with Crippen LogP contribution < -0.4 is 11.3 Å². The lowest BCUT2D eigenvalue weighted by Crippen LogP contribution is -2.32. The largest absolute Gasteiger partial charge is 0.378 e. The van der Waals surface area contributed by atoms with Gasteiger partial charge < -0.3 is 4.74 Å². The first-order chi connectivity index (χ1) is 4.79. The molecule has 1 aliphatic rings. The molecule has 1 aliphatic carbocycles. The van der Waals surface area contributed by atoms with E-state index in [9.17, 15) is 4.79 Å². The van der Waals surface area contributed by atoms with Crippen molar-refractivity contribution in [3.8, 4) is 0 Å². The van der Waals surface area contributed by atoms with Crippen LogP contribution in [-0.2, 0) is 9.53 Å². The molecule has 3 N–H and O–H groups in total. The van der Waals surface area contributed by atoms with Gasteiger partial charge in [0.2, 0.25) is 5.91 Å². The highest BCUT2D eigenvalue weighted by Gasteiger charge is 2.43. The van der Waals surface area contributed by atoms with Crippen molar-refractivity contribution in [3.63, 3.8) is 0 Å². The van der Waals surface area contributed by atoms with E-state index in [1.165, 1.54) is 0 Å². The van der Waals surface area contributed by atoms with Gasteiger partial charge >= 0.3 is 0 Å². The maximum absolute atomic E-state index is 10.7. The number of carbonyl (C=O) groups excluding carboxylic acids is 1. The Morgan fingerprint density at radius 2 is 2.60 bits per heavy atom. The van der Waals surface area contributed by atoms with Crippen LogP contribution in [0.15, 0.2) is 0 Å². The van der Waals surface area contributed by atoms with Gasteiger partial charge in [0.05, 0.1) is 12.0 Å². The molecule has 0 radical (unpaired) electrons. The fourth-order valence-corrected chi connectivity index (χ4v) is 0.953. The molecule has 0 spiro atoms. The van der Waals surface area contributed by atoms with Crippen LogP contribution in [-0.4, -0.2) is 18.6 Å². The molecule has 0 saturated heterocycles. The first-order valence-corrected chi connectivity index (χ1v) is 3.41. The van der Waals surface area contributed by atoms with Crippen molar-refractivity contribution in [2.24, 2.45) is 11.8 Å². The van der Waals surface area contributed by atoms with E-state index in [0.717, 1.165) is 6.42 Å². The summed E-state index contributed by atoms with van der Waals surface area (Å²) < 4.78 is 5.17. The number of ether oxygens (including phenoxy) is 1. The van der Waals surface area contributed by atoms with Crippen molar-refractivity contribution in [2.75, 3.05) is 6.61 Å². The van der Waals surface area contributed by atoms with Crippen LogP contribution >= 0.6 is 0 Å². The lowest BCUT2D eigenvalue weighted by molar-refractivity contribution is -0.123. The van der Waals surface area contributed by atoms with Crippen LogP contribution in [0.25, 0.3) is 0 Å². The molecule has 0 heterocycles. The van der Waals surface area contributed by atoms with Crippen LogP contribution in [0.2, 0.25) is 0 Å². The molecule has 1 fully saturated rings. The third-order valence-electron chi connectivity index (χ3n) is 1.59. The highest BCUT2D eigenvalue weighted by Crippen LogP contribution is 2.33. The number of carbonyl (C=O) groups is 1. The van der Waals surface area contributed by atoms with Gasteiger partial charge in [-0.25, -0.2) is 5.84 Å². The molecule has 1 amide bonds. The van der Waals surface area contributed by atoms with E-state index in [1.807, 2.05) is 6.92 Å². The molecule has 1 saturated carbocycles. The number of rotatable bonds is 3. The zero-order valence-corrected chi connectivity index (χ0v) is 5.96. The number of nitrogens with one attached hydrogen (secondary N) is 1. The molecule has 0 bridgehead atoms. The summed E-state index contributed by atoms with van der Waals surface area (Å²) in [4.78, 5) is 10.7. The van der Waals surface area contributed by atoms with E-state index in [-0.39, 0.29) is 17.9 Å². The summed E-state index contributed by atoms with van der Waals surface area (Å²) in [7, 11) is 0. The average molecular weight is 144 g/mol. The first kappa shape index (κ1) is 7.50. The van der Waals surface area contributed by atoms with Crippen molar-refractivity contribution < 1.29 is 9.53 Å². The van der Waals surface area contributed by atoms with Gasteiger partial charge in [0, 0.05) is 6.61 Å². The van der Waals surface area contributed by atoms with Crippen LogP contribution in [0.4, 0.5) is 0 Å². The van der Waals surface area contributed by atoms with E-state index in [4.69, 9.17) is 10.6 Å². The third kappa shape index (κ3) is 1.46. The molecule has 4 nitrogen and oxygen atoms in total. The van der Waals surface area contributed by atoms with Crippen molar-refractivity contribution in [1.82, 2.24) is 5.43 Å². The van der Waals surface area contributed by atoms with E-state index in [0.29, 0.717) is 6.61 Å². The molecule has 0 aliphatic heterocycles. The Balaban J connectivity index is 2.18. The highest BCUT2D eigenvalue weighted by molar-refractivity contribution is 5.81. The average Bonchev–Trinajstić information content (AvgIpc) is 2.67. The summed E-state index contributed by atoms with van der Waals surface area (Å²) >= 11 is 0. The van der Waals surface area contributed by atoms with Gasteiger partial charge in [0.25, 0.3) is 0 Å². The lowest BCUT2D eigenvalue weighted by atomic mass is 10.4. The number of nitrogens with two attached hydrogens (primary N) is 1. The topological polar surface area (TPSA) is 64.3 Å². The first-order valence-electron chi connectivity index (χ1n) is 3.41. The van der Waals surface area contributed by atoms with Gasteiger partial charge in [-0.1, -0.05) is 0 Å². The van der Waals surface area contributed by atoms with E-state index in [2.05, 4.69) is 5.43 Å². The highest BCUT2D eigenvalue weighted by atomic mass is 16.5. The Morgan fingerprint density at radius 1 is 1.90 bits per heavy atom. The molecule has 58 valence electrons. The van der Waals surface area contributed by atoms with Crippen LogP contribution in [0.1, 0.15) is 13.3 Å². The predicted octanol–water partition coefficient (Wildman–Crippen LogP) is -0.599. The summed E-state index contributed by atoms with van der Waals surface area (Å²) in [6.45, 7) is 2.58. The van der Waals surface area contributed by atoms with Crippen LogP contribution in [0, 0.1) is 5.92 Å². The van der Waals surface area contributed by atoms with Crippen molar-refractivity contribution in [3.05, 3.63) is 0 Å². The van der Waals surface area contributed by atoms with Gasteiger partial charge in [0.15, 0.2) is 0 Å². The second-order valence-electron chi connectivity index (χ2n) is 2.34. The smallest absolute Gasteiger partial charge is 0.239 e. The quantitative estimate of drug-likeness (QED) is 0.316. The number of hydrogen-bond acceptors (Lipinski definition) is 3. The van der Waals surface area contributed by atoms with Crippen molar-refractivity contribution in [1.29, 1.82) is 0 Å². The molecule has 2 atom stereocenters. The molecule has 1 rings (SSSR count). The lowest BCUT2D eigenvalue weighted by Gasteiger charge is -1.97. The summed E-state index contributed by atoms with van der Waals surface area (Å²) in [6, 6.07) is 0. The number of hydrogen-bond donors (Lipinski definition) is 2. The Labute approximate surface area is 59.7 Å². The minimum absolute atomic E-state index is 0.00458. The summed E-state index contributed by atoms with van der Waals surface area (Å²) in [5.74, 6) is 4.81. The number of amides is 1. The fraction of sp³-hybridized carbons (Fsp3) is 0.833. The van der Waals surface area contributed by atoms with Gasteiger partial charge in [-0.05, 0) is 13.3 Å². The minimum Gasteiger partial charge on any atom is -0.378 e. The van der Waals surface area contributed by atoms with Gasteiger partial charge in [-0.2, -0.15) is 0 Å². The second kappa shape index (κ2) is 2.98. The molecular weight excluding hydrogens is 132 g/mol. The van der Waals surface area contributed by atoms with Gasteiger partial charge in [0.1, 0.15) is 0 Å². The molecule has 0 unspecified atom stereocenters. The van der Waals surface area contributed by atoms with Crippen molar-refractivity contribution >= 4 is 5.91 Å². The van der Waals surface area contributed by atoms with Crippen LogP contribution in [0.3, 0.4) is 0 Å². The standard InChI is InChI=1S/C6H12N2O2/c1-2-10-5-3-4(5)6(9)8-7/h4-5H,2-3,7H2,1H3,(H,8,9)/t4-,5-/m0/s1. The van der Waals surface area contributed by atoms with Crippen LogP contribution in [0.5, 0.6) is 0 Å². The molecule has 0 aromatic rings. The zero-order valence-electron chi connectivity index (χ0n) is 5.96. The van der Waals surface area contributed by atoms with E-state index in [1.54, 1.807) is 0 Å². The van der Waals surface area contributed by atoms with E-state index >= 15 is 0 Å². The maximum Gasteiger partial charge on any atom is 0.239 e. The van der Waals surface area contributed by atoms with Gasteiger partial charge in [-0.15, -0.1) is 0 Å². The predicted molar refractivity (Wildman–Crippen MR) is 35.9 cm³/mol. The SMILES string of the molecule is CCO[C@H]1C[C@@H]1C(=O)NN. The molecule has 10 heavy (non-hydrogen) atoms. The third-order valence-corrected chi connectivity index (χ3v) is 1.59. The molecule has 0 aromatic heterocycles. The maximum atomic E-state index is 10.7. The molecule has 4 heteroatoms. The fourth-order valence-electron chi connectivity index (χ4n) is 0.953. The Bertz CT molecular complexity index is 138. The monoisotopic (exact) mass is 144 g/mol. The Hall–Kier alpha value is -0.610. The van der Waals surface area contributed by atoms with Crippen molar-refractivity contribution in [2.45, 2.75) is 19.4 Å². The minimum atomic E-state index is -0.113. The normalized spacial score (nSPS) is 29.8. The Morgan fingerprint density at radius 3 is 3.10 bits per heavy atom. The van der Waals surface area contributed by atoms with E-state index < -0.39 is 0 Å².